The fourth-order valence-corrected chi connectivity index (χ4v) is 5.13. The first-order valence-electron chi connectivity index (χ1n) is 12.6. The highest BCUT2D eigenvalue weighted by Crippen LogP contribution is 2.57. The number of anilines is 2. The van der Waals surface area contributed by atoms with E-state index >= 15 is 0 Å². The Bertz CT molecular complexity index is 1180. The number of carbonyl (C=O) groups is 2. The molecule has 1 heterocycles. The molecule has 0 saturated heterocycles. The Labute approximate surface area is 212 Å². The van der Waals surface area contributed by atoms with E-state index in [0.717, 1.165) is 54.7 Å². The van der Waals surface area contributed by atoms with Crippen LogP contribution in [0.25, 0.3) is 0 Å². The number of amides is 2. The Morgan fingerprint density at radius 1 is 1.11 bits per heavy atom. The van der Waals surface area contributed by atoms with Gasteiger partial charge in [-0.3, -0.25) is 4.79 Å². The smallest absolute Gasteiger partial charge is 0.408 e. The molecule has 5 rings (SSSR count). The zero-order valence-electron chi connectivity index (χ0n) is 21.5. The topological polar surface area (TPSA) is 103 Å². The molecule has 8 nitrogen and oxygen atoms in total. The summed E-state index contributed by atoms with van der Waals surface area (Å²) >= 11 is 0. The van der Waals surface area contributed by atoms with Crippen molar-refractivity contribution in [1.29, 1.82) is 0 Å². The van der Waals surface area contributed by atoms with Crippen molar-refractivity contribution < 1.29 is 23.8 Å². The van der Waals surface area contributed by atoms with Crippen molar-refractivity contribution in [3.05, 3.63) is 47.5 Å². The van der Waals surface area contributed by atoms with Gasteiger partial charge in [0.15, 0.2) is 0 Å². The summed E-state index contributed by atoms with van der Waals surface area (Å²) < 4.78 is 17.1. The van der Waals surface area contributed by atoms with Gasteiger partial charge < -0.3 is 30.2 Å². The van der Waals surface area contributed by atoms with Crippen molar-refractivity contribution in [2.75, 3.05) is 24.4 Å². The molecule has 2 aromatic rings. The molecule has 3 aliphatic rings. The van der Waals surface area contributed by atoms with Gasteiger partial charge in [0.1, 0.15) is 23.7 Å². The highest BCUT2D eigenvalue weighted by atomic mass is 16.6. The molecule has 0 atom stereocenters. The number of hydrogen-bond acceptors (Lipinski definition) is 6. The molecule has 0 aromatic heterocycles. The maximum atomic E-state index is 13.8. The minimum Gasteiger partial charge on any atom is -0.497 e. The summed E-state index contributed by atoms with van der Waals surface area (Å²) in [5.74, 6) is 1.45. The summed E-state index contributed by atoms with van der Waals surface area (Å²) in [4.78, 5) is 28.0. The Kier molecular flexibility index (Phi) is 5.80. The van der Waals surface area contributed by atoms with Gasteiger partial charge in [-0.2, -0.15) is 0 Å². The molecule has 0 bridgehead atoms. The first kappa shape index (κ1) is 24.3. The molecule has 2 aliphatic carbocycles. The molecule has 192 valence electrons. The van der Waals surface area contributed by atoms with Crippen LogP contribution in [0.5, 0.6) is 11.5 Å². The van der Waals surface area contributed by atoms with Crippen LogP contribution >= 0.6 is 0 Å². The maximum absolute atomic E-state index is 13.8. The number of fused-ring (bicyclic) bond motifs is 2. The van der Waals surface area contributed by atoms with Gasteiger partial charge in [0.05, 0.1) is 30.3 Å². The lowest BCUT2D eigenvalue weighted by Gasteiger charge is -2.37. The maximum Gasteiger partial charge on any atom is 0.408 e. The zero-order valence-corrected chi connectivity index (χ0v) is 21.5. The SMILES string of the molecule is COc1ccc(CN2C(=O)C3(CCC3)c3cc(N)cc(OCC4(NC(=O)OC(C)(C)C)CC4)c32)cc1. The van der Waals surface area contributed by atoms with E-state index in [1.165, 1.54) is 0 Å². The van der Waals surface area contributed by atoms with Gasteiger partial charge in [-0.25, -0.2) is 4.79 Å². The molecule has 3 N–H and O–H groups in total. The second-order valence-electron chi connectivity index (χ2n) is 11.3. The summed E-state index contributed by atoms with van der Waals surface area (Å²) in [7, 11) is 1.63. The van der Waals surface area contributed by atoms with E-state index in [1.807, 2.05) is 56.0 Å². The van der Waals surface area contributed by atoms with Gasteiger partial charge in [0, 0.05) is 11.8 Å². The number of ether oxygens (including phenoxy) is 3. The monoisotopic (exact) mass is 493 g/mol. The van der Waals surface area contributed by atoms with Crippen LogP contribution in [-0.2, 0) is 21.5 Å². The van der Waals surface area contributed by atoms with Crippen LogP contribution in [-0.4, -0.2) is 36.9 Å². The molecular formula is C28H35N3O5. The number of rotatable bonds is 7. The van der Waals surface area contributed by atoms with Gasteiger partial charge in [0.2, 0.25) is 5.91 Å². The van der Waals surface area contributed by atoms with Gasteiger partial charge in [-0.15, -0.1) is 0 Å². The van der Waals surface area contributed by atoms with E-state index in [0.29, 0.717) is 18.0 Å². The number of hydrogen-bond donors (Lipinski definition) is 2. The van der Waals surface area contributed by atoms with Crippen LogP contribution in [0, 0.1) is 0 Å². The third-order valence-corrected chi connectivity index (χ3v) is 7.37. The van der Waals surface area contributed by atoms with Gasteiger partial charge in [0.25, 0.3) is 0 Å². The number of alkyl carbamates (subject to hydrolysis) is 1. The normalized spacial score (nSPS) is 18.9. The number of nitrogens with zero attached hydrogens (tertiary/aromatic N) is 1. The van der Waals surface area contributed by atoms with Crippen LogP contribution in [0.15, 0.2) is 36.4 Å². The van der Waals surface area contributed by atoms with E-state index in [9.17, 15) is 9.59 Å². The minimum atomic E-state index is -0.574. The summed E-state index contributed by atoms with van der Waals surface area (Å²) in [5, 5.41) is 2.98. The third-order valence-electron chi connectivity index (χ3n) is 7.37. The molecule has 2 aromatic carbocycles. The fraction of sp³-hybridized carbons (Fsp3) is 0.500. The lowest BCUT2D eigenvalue weighted by Crippen LogP contribution is -2.45. The number of carbonyl (C=O) groups excluding carboxylic acids is 2. The van der Waals surface area contributed by atoms with E-state index in [-0.39, 0.29) is 12.5 Å². The minimum absolute atomic E-state index is 0.100. The summed E-state index contributed by atoms with van der Waals surface area (Å²) in [5.41, 5.74) is 8.03. The molecular weight excluding hydrogens is 458 g/mol. The van der Waals surface area contributed by atoms with Gasteiger partial charge in [-0.1, -0.05) is 18.6 Å². The van der Waals surface area contributed by atoms with Crippen LogP contribution in [0.4, 0.5) is 16.2 Å². The number of methoxy groups -OCH3 is 1. The second-order valence-corrected chi connectivity index (χ2v) is 11.3. The van der Waals surface area contributed by atoms with Crippen molar-refractivity contribution >= 4 is 23.4 Å². The lowest BCUT2D eigenvalue weighted by molar-refractivity contribution is -0.126. The van der Waals surface area contributed by atoms with Crippen molar-refractivity contribution in [2.45, 2.75) is 76.0 Å². The highest BCUT2D eigenvalue weighted by Gasteiger charge is 2.56. The second kappa shape index (κ2) is 8.61. The molecule has 36 heavy (non-hydrogen) atoms. The summed E-state index contributed by atoms with van der Waals surface area (Å²) in [6, 6.07) is 11.5. The molecule has 2 amide bonds. The summed E-state index contributed by atoms with van der Waals surface area (Å²) in [6.45, 7) is 6.22. The van der Waals surface area contributed by atoms with Crippen LogP contribution in [0.3, 0.4) is 0 Å². The van der Waals surface area contributed by atoms with Crippen molar-refractivity contribution in [3.63, 3.8) is 0 Å². The Morgan fingerprint density at radius 2 is 1.81 bits per heavy atom. The predicted octanol–water partition coefficient (Wildman–Crippen LogP) is 4.68. The largest absolute Gasteiger partial charge is 0.497 e. The lowest BCUT2D eigenvalue weighted by atomic mass is 9.65. The molecule has 0 unspecified atom stereocenters. The quantitative estimate of drug-likeness (QED) is 0.543. The number of nitrogens with one attached hydrogen (secondary N) is 1. The van der Waals surface area contributed by atoms with Crippen molar-refractivity contribution in [1.82, 2.24) is 5.32 Å². The zero-order chi connectivity index (χ0) is 25.7. The average Bonchev–Trinajstić information content (AvgIpc) is 3.48. The molecule has 8 heteroatoms. The number of nitrogen functional groups attached to an aromatic ring is 1. The van der Waals surface area contributed by atoms with E-state index < -0.39 is 22.6 Å². The van der Waals surface area contributed by atoms with E-state index in [2.05, 4.69) is 5.32 Å². The van der Waals surface area contributed by atoms with Crippen LogP contribution in [0.1, 0.15) is 64.0 Å². The Balaban J connectivity index is 1.41. The standard InChI is InChI=1S/C28H35N3O5/c1-26(2,3)36-25(33)30-27(12-13-27)17-35-22-15-19(29)14-21-23(22)31(24(32)28(21)10-5-11-28)16-18-6-8-20(34-4)9-7-18/h6-9,14-15H,5,10-13,16-17,29H2,1-4H3,(H,30,33). The van der Waals surface area contributed by atoms with Gasteiger partial charge in [-0.05, 0) is 75.8 Å². The molecule has 1 aliphatic heterocycles. The van der Waals surface area contributed by atoms with E-state index in [4.69, 9.17) is 19.9 Å². The first-order valence-corrected chi connectivity index (χ1v) is 12.6. The first-order chi connectivity index (χ1) is 17.0. The Hall–Kier alpha value is -3.42. The third kappa shape index (κ3) is 4.45. The molecule has 2 fully saturated rings. The molecule has 2 saturated carbocycles. The Morgan fingerprint density at radius 3 is 2.36 bits per heavy atom. The number of benzene rings is 2. The van der Waals surface area contributed by atoms with Gasteiger partial charge >= 0.3 is 6.09 Å². The number of nitrogens with two attached hydrogens (primary N) is 1. The highest BCUT2D eigenvalue weighted by molar-refractivity contribution is 6.10. The summed E-state index contributed by atoms with van der Waals surface area (Å²) in [6.07, 6.45) is 3.78. The van der Waals surface area contributed by atoms with E-state index in [1.54, 1.807) is 13.2 Å². The predicted molar refractivity (Wildman–Crippen MR) is 137 cm³/mol. The molecule has 0 radical (unpaired) electrons. The fourth-order valence-electron chi connectivity index (χ4n) is 5.13. The molecule has 1 spiro atoms. The van der Waals surface area contributed by atoms with Crippen molar-refractivity contribution in [2.24, 2.45) is 0 Å². The van der Waals surface area contributed by atoms with Crippen LogP contribution in [0.2, 0.25) is 0 Å². The van der Waals surface area contributed by atoms with Crippen LogP contribution < -0.4 is 25.4 Å². The van der Waals surface area contributed by atoms with Crippen molar-refractivity contribution in [3.8, 4) is 11.5 Å². The average molecular weight is 494 g/mol.